The van der Waals surface area contributed by atoms with E-state index >= 15 is 0 Å². The summed E-state index contributed by atoms with van der Waals surface area (Å²) in [6, 6.07) is 23.0. The number of nitrogens with zero attached hydrogens (tertiary/aromatic N) is 1. The Kier molecular flexibility index (Phi) is 6.26. The van der Waals surface area contributed by atoms with Crippen molar-refractivity contribution in [2.45, 2.75) is 19.3 Å². The first-order valence-electron chi connectivity index (χ1n) is 10.1. The molecular weight excluding hydrogens is 394 g/mol. The molecule has 0 saturated heterocycles. The lowest BCUT2D eigenvalue weighted by Crippen LogP contribution is -2.44. The molecule has 0 bridgehead atoms. The second-order valence-corrected chi connectivity index (χ2v) is 7.32. The van der Waals surface area contributed by atoms with Crippen LogP contribution >= 0.6 is 0 Å². The van der Waals surface area contributed by atoms with Gasteiger partial charge in [0.2, 0.25) is 6.10 Å². The monoisotopic (exact) mass is 419 g/mol. The maximum absolute atomic E-state index is 12.9. The Hall–Kier alpha value is -3.67. The molecule has 6 nitrogen and oxygen atoms in total. The maximum atomic E-state index is 12.9. The van der Waals surface area contributed by atoms with Crippen molar-refractivity contribution in [1.82, 2.24) is 4.90 Å². The molecule has 0 fully saturated rings. The van der Waals surface area contributed by atoms with Crippen molar-refractivity contribution >= 4 is 5.91 Å². The number of carbonyl (C=O) groups excluding carboxylic acids is 1. The van der Waals surface area contributed by atoms with Gasteiger partial charge in [-0.05, 0) is 35.4 Å². The van der Waals surface area contributed by atoms with Gasteiger partial charge in [-0.1, -0.05) is 48.5 Å². The van der Waals surface area contributed by atoms with E-state index in [4.69, 9.17) is 18.9 Å². The highest BCUT2D eigenvalue weighted by molar-refractivity contribution is 5.81. The predicted molar refractivity (Wildman–Crippen MR) is 117 cm³/mol. The van der Waals surface area contributed by atoms with Gasteiger partial charge in [0.15, 0.2) is 23.0 Å². The van der Waals surface area contributed by atoms with Gasteiger partial charge in [0.1, 0.15) is 13.2 Å². The molecule has 0 saturated carbocycles. The van der Waals surface area contributed by atoms with Crippen LogP contribution in [0.25, 0.3) is 0 Å². The number of hydrogen-bond donors (Lipinski definition) is 0. The minimum atomic E-state index is -0.671. The van der Waals surface area contributed by atoms with Gasteiger partial charge in [-0.2, -0.15) is 0 Å². The first kappa shape index (κ1) is 20.6. The number of carbonyl (C=O) groups is 1. The van der Waals surface area contributed by atoms with E-state index < -0.39 is 6.10 Å². The molecular formula is C25H25NO5. The summed E-state index contributed by atoms with van der Waals surface area (Å²) in [5.41, 5.74) is 2.01. The van der Waals surface area contributed by atoms with Gasteiger partial charge in [-0.3, -0.25) is 4.79 Å². The lowest BCUT2D eigenvalue weighted by Gasteiger charge is -2.29. The quantitative estimate of drug-likeness (QED) is 0.578. The predicted octanol–water partition coefficient (Wildman–Crippen LogP) is 4.07. The number of amides is 1. The average molecular weight is 419 g/mol. The van der Waals surface area contributed by atoms with Crippen LogP contribution in [0.1, 0.15) is 11.1 Å². The Bertz CT molecular complexity index is 1040. The highest BCUT2D eigenvalue weighted by Gasteiger charge is 2.29. The highest BCUT2D eigenvalue weighted by Crippen LogP contribution is 2.32. The summed E-state index contributed by atoms with van der Waals surface area (Å²) in [5.74, 6) is 2.38. The minimum absolute atomic E-state index is 0.141. The van der Waals surface area contributed by atoms with Gasteiger partial charge in [-0.15, -0.1) is 0 Å². The van der Waals surface area contributed by atoms with Crippen molar-refractivity contribution in [3.63, 3.8) is 0 Å². The van der Waals surface area contributed by atoms with Crippen LogP contribution in [-0.2, 0) is 17.9 Å². The third kappa shape index (κ3) is 4.91. The minimum Gasteiger partial charge on any atom is -0.493 e. The number of likely N-dealkylation sites (N-methyl/N-ethyl adjacent to an activating group) is 1. The van der Waals surface area contributed by atoms with Gasteiger partial charge in [0.25, 0.3) is 5.91 Å². The van der Waals surface area contributed by atoms with E-state index in [9.17, 15) is 4.79 Å². The normalized spacial score (nSPS) is 14.6. The van der Waals surface area contributed by atoms with Gasteiger partial charge in [0, 0.05) is 13.6 Å². The zero-order valence-corrected chi connectivity index (χ0v) is 17.6. The molecule has 160 valence electrons. The van der Waals surface area contributed by atoms with E-state index in [1.54, 1.807) is 25.1 Å². The molecule has 0 N–H and O–H groups in total. The Balaban J connectivity index is 1.38. The average Bonchev–Trinajstić information content (AvgIpc) is 2.83. The van der Waals surface area contributed by atoms with E-state index in [1.165, 1.54) is 0 Å². The summed E-state index contributed by atoms with van der Waals surface area (Å²) < 4.78 is 22.9. The molecule has 1 atom stereocenters. The molecule has 6 heteroatoms. The third-order valence-electron chi connectivity index (χ3n) is 5.05. The van der Waals surface area contributed by atoms with Crippen LogP contribution in [0.5, 0.6) is 23.0 Å². The summed E-state index contributed by atoms with van der Waals surface area (Å²) in [7, 11) is 3.35. The van der Waals surface area contributed by atoms with Crippen molar-refractivity contribution < 1.29 is 23.7 Å². The fourth-order valence-electron chi connectivity index (χ4n) is 3.40. The maximum Gasteiger partial charge on any atom is 0.267 e. The Morgan fingerprint density at radius 2 is 1.71 bits per heavy atom. The molecule has 1 aliphatic heterocycles. The van der Waals surface area contributed by atoms with Crippen molar-refractivity contribution in [1.29, 1.82) is 0 Å². The van der Waals surface area contributed by atoms with Crippen molar-refractivity contribution in [3.05, 3.63) is 83.9 Å². The molecule has 0 spiro atoms. The molecule has 1 amide bonds. The van der Waals surface area contributed by atoms with Crippen LogP contribution in [0.2, 0.25) is 0 Å². The van der Waals surface area contributed by atoms with E-state index in [1.807, 2.05) is 66.7 Å². The third-order valence-corrected chi connectivity index (χ3v) is 5.05. The topological polar surface area (TPSA) is 57.2 Å². The summed E-state index contributed by atoms with van der Waals surface area (Å²) >= 11 is 0. The van der Waals surface area contributed by atoms with Gasteiger partial charge in [0.05, 0.1) is 7.11 Å². The number of para-hydroxylation sites is 2. The van der Waals surface area contributed by atoms with Crippen LogP contribution in [-0.4, -0.2) is 37.7 Å². The number of benzene rings is 3. The number of fused-ring (bicyclic) bond motifs is 1. The first-order chi connectivity index (χ1) is 15.1. The van der Waals surface area contributed by atoms with Crippen molar-refractivity contribution in [2.24, 2.45) is 0 Å². The van der Waals surface area contributed by atoms with E-state index in [2.05, 4.69) is 0 Å². The first-order valence-corrected chi connectivity index (χ1v) is 10.1. The fourth-order valence-corrected chi connectivity index (χ4v) is 3.40. The van der Waals surface area contributed by atoms with Crippen LogP contribution < -0.4 is 18.9 Å². The van der Waals surface area contributed by atoms with E-state index in [0.29, 0.717) is 36.1 Å². The van der Waals surface area contributed by atoms with Gasteiger partial charge >= 0.3 is 0 Å². The lowest BCUT2D eigenvalue weighted by atomic mass is 10.1. The molecule has 0 aromatic heterocycles. The standard InChI is InChI=1S/C25H25NO5/c1-26(25(27)24-17-30-20-10-6-7-11-22(20)31-24)15-19-12-13-21(23(14-19)28-2)29-16-18-8-4-3-5-9-18/h3-14,24H,15-17H2,1-2H3/t24-/m1/s1. The molecule has 3 aromatic carbocycles. The molecule has 1 aliphatic rings. The highest BCUT2D eigenvalue weighted by atomic mass is 16.6. The van der Waals surface area contributed by atoms with E-state index in [-0.39, 0.29) is 12.5 Å². The number of hydrogen-bond acceptors (Lipinski definition) is 5. The second-order valence-electron chi connectivity index (χ2n) is 7.32. The summed E-state index contributed by atoms with van der Waals surface area (Å²) in [6.07, 6.45) is -0.671. The van der Waals surface area contributed by atoms with Crippen LogP contribution in [0.3, 0.4) is 0 Å². The lowest BCUT2D eigenvalue weighted by molar-refractivity contribution is -0.140. The smallest absolute Gasteiger partial charge is 0.267 e. The summed E-state index contributed by atoms with van der Waals surface area (Å²) in [4.78, 5) is 14.5. The van der Waals surface area contributed by atoms with Gasteiger partial charge in [-0.25, -0.2) is 0 Å². The van der Waals surface area contributed by atoms with Crippen LogP contribution in [0.15, 0.2) is 72.8 Å². The Morgan fingerprint density at radius 1 is 0.968 bits per heavy atom. The van der Waals surface area contributed by atoms with Crippen LogP contribution in [0, 0.1) is 0 Å². The molecule has 0 radical (unpaired) electrons. The number of methoxy groups -OCH3 is 1. The Morgan fingerprint density at radius 3 is 2.48 bits per heavy atom. The molecule has 0 unspecified atom stereocenters. The summed E-state index contributed by atoms with van der Waals surface area (Å²) in [5, 5.41) is 0. The number of ether oxygens (including phenoxy) is 4. The zero-order chi connectivity index (χ0) is 21.6. The largest absolute Gasteiger partial charge is 0.493 e. The molecule has 1 heterocycles. The second kappa shape index (κ2) is 9.43. The SMILES string of the molecule is COc1cc(CN(C)C(=O)[C@H]2COc3ccccc3O2)ccc1OCc1ccccc1. The van der Waals surface area contributed by atoms with Crippen molar-refractivity contribution in [2.75, 3.05) is 20.8 Å². The van der Waals surface area contributed by atoms with Crippen LogP contribution in [0.4, 0.5) is 0 Å². The van der Waals surface area contributed by atoms with E-state index in [0.717, 1.165) is 11.1 Å². The van der Waals surface area contributed by atoms with Gasteiger partial charge < -0.3 is 23.8 Å². The molecule has 31 heavy (non-hydrogen) atoms. The fraction of sp³-hybridized carbons (Fsp3) is 0.240. The van der Waals surface area contributed by atoms with Crippen molar-refractivity contribution in [3.8, 4) is 23.0 Å². The number of rotatable bonds is 7. The summed E-state index contributed by atoms with van der Waals surface area (Å²) in [6.45, 7) is 1.06. The zero-order valence-electron chi connectivity index (χ0n) is 17.6. The molecule has 0 aliphatic carbocycles. The Labute approximate surface area is 181 Å². The molecule has 3 aromatic rings. The molecule has 4 rings (SSSR count).